The summed E-state index contributed by atoms with van der Waals surface area (Å²) in [5.74, 6) is 0.827. The predicted molar refractivity (Wildman–Crippen MR) is 128 cm³/mol. The summed E-state index contributed by atoms with van der Waals surface area (Å²) < 4.78 is 1.76. The maximum atomic E-state index is 12.9. The van der Waals surface area contributed by atoms with Gasteiger partial charge < -0.3 is 10.2 Å². The first kappa shape index (κ1) is 21.0. The molecule has 1 amide bonds. The van der Waals surface area contributed by atoms with Crippen molar-refractivity contribution in [2.75, 3.05) is 30.4 Å². The van der Waals surface area contributed by atoms with E-state index in [2.05, 4.69) is 35.6 Å². The number of benzene rings is 1. The number of hydrogen-bond donors (Lipinski definition) is 2. The van der Waals surface area contributed by atoms with E-state index in [0.717, 1.165) is 53.8 Å². The Morgan fingerprint density at radius 2 is 1.91 bits per heavy atom. The Bertz CT molecular complexity index is 1290. The van der Waals surface area contributed by atoms with Gasteiger partial charge in [-0.05, 0) is 43.7 Å². The molecule has 4 heterocycles. The smallest absolute Gasteiger partial charge is 0.258 e. The predicted octanol–water partition coefficient (Wildman–Crippen LogP) is 2.87. The highest BCUT2D eigenvalue weighted by molar-refractivity contribution is 6.04. The van der Waals surface area contributed by atoms with Crippen LogP contribution in [0.1, 0.15) is 23.2 Å². The van der Waals surface area contributed by atoms with Crippen molar-refractivity contribution in [3.05, 3.63) is 60.7 Å². The first-order valence-corrected chi connectivity index (χ1v) is 11.0. The fourth-order valence-corrected chi connectivity index (χ4v) is 4.14. The molecule has 168 valence electrons. The van der Waals surface area contributed by atoms with Crippen LogP contribution in [0.3, 0.4) is 0 Å². The maximum absolute atomic E-state index is 12.9. The lowest BCUT2D eigenvalue weighted by Gasteiger charge is -2.32. The normalized spacial score (nSPS) is 14.5. The second-order valence-electron chi connectivity index (χ2n) is 8.28. The number of carbonyl (C=O) groups is 1. The van der Waals surface area contributed by atoms with Crippen LogP contribution in [0.5, 0.6) is 0 Å². The van der Waals surface area contributed by atoms with Crippen molar-refractivity contribution in [2.45, 2.75) is 18.9 Å². The minimum Gasteiger partial charge on any atom is -0.356 e. The lowest BCUT2D eigenvalue weighted by molar-refractivity contribution is 0.102. The van der Waals surface area contributed by atoms with Gasteiger partial charge in [0.25, 0.3) is 5.91 Å². The van der Waals surface area contributed by atoms with Crippen molar-refractivity contribution in [1.82, 2.24) is 30.0 Å². The highest BCUT2D eigenvalue weighted by Gasteiger charge is 2.20. The maximum Gasteiger partial charge on any atom is 0.258 e. The Balaban J connectivity index is 1.33. The molecule has 0 bridgehead atoms. The highest BCUT2D eigenvalue weighted by Crippen LogP contribution is 2.24. The summed E-state index contributed by atoms with van der Waals surface area (Å²) in [6.07, 6.45) is 9.27. The van der Waals surface area contributed by atoms with E-state index in [0.29, 0.717) is 11.6 Å². The summed E-state index contributed by atoms with van der Waals surface area (Å²) >= 11 is 0. The molecule has 1 fully saturated rings. The molecule has 1 aliphatic rings. The van der Waals surface area contributed by atoms with E-state index in [4.69, 9.17) is 0 Å². The van der Waals surface area contributed by atoms with Crippen LogP contribution in [-0.4, -0.2) is 56.8 Å². The third-order valence-corrected chi connectivity index (χ3v) is 6.08. The molecule has 9 nitrogen and oxygen atoms in total. The Morgan fingerprint density at radius 3 is 2.67 bits per heavy atom. The van der Waals surface area contributed by atoms with Gasteiger partial charge in [0.1, 0.15) is 5.82 Å². The number of nitrogens with one attached hydrogen (secondary N) is 2. The van der Waals surface area contributed by atoms with Crippen molar-refractivity contribution in [2.24, 2.45) is 7.05 Å². The molecule has 0 atom stereocenters. The zero-order chi connectivity index (χ0) is 22.8. The number of pyridine rings is 1. The fraction of sp³-hybridized carbons (Fsp3) is 0.292. The van der Waals surface area contributed by atoms with Crippen LogP contribution in [0.2, 0.25) is 0 Å². The van der Waals surface area contributed by atoms with Gasteiger partial charge in [0.15, 0.2) is 0 Å². The van der Waals surface area contributed by atoms with Crippen LogP contribution in [0.15, 0.2) is 55.1 Å². The van der Waals surface area contributed by atoms with Gasteiger partial charge in [0.05, 0.1) is 11.7 Å². The number of hydrogen-bond acceptors (Lipinski definition) is 7. The van der Waals surface area contributed by atoms with E-state index in [1.165, 1.54) is 0 Å². The van der Waals surface area contributed by atoms with Crippen molar-refractivity contribution in [3.63, 3.8) is 0 Å². The van der Waals surface area contributed by atoms with Crippen LogP contribution in [0, 0.1) is 0 Å². The Kier molecular flexibility index (Phi) is 5.70. The zero-order valence-corrected chi connectivity index (χ0v) is 18.7. The molecule has 0 radical (unpaired) electrons. The van der Waals surface area contributed by atoms with Crippen molar-refractivity contribution >= 4 is 28.6 Å². The highest BCUT2D eigenvalue weighted by atomic mass is 16.1. The molecule has 0 spiro atoms. The molecule has 1 aliphatic heterocycles. The minimum atomic E-state index is -0.258. The molecule has 5 rings (SSSR count). The molecule has 4 aromatic rings. The monoisotopic (exact) mass is 442 g/mol. The molecule has 3 aromatic heterocycles. The number of amides is 1. The second kappa shape index (κ2) is 8.95. The largest absolute Gasteiger partial charge is 0.356 e. The number of piperidine rings is 1. The summed E-state index contributed by atoms with van der Waals surface area (Å²) in [6.45, 7) is 1.83. The molecule has 0 unspecified atom stereocenters. The SMILES string of the molecule is CNC1CCN(c2cc(C(=O)Nc3ncc4ccc(-c5cnn(C)c5)cc4n3)ccn2)CC1. The number of aromatic nitrogens is 5. The molecule has 9 heteroatoms. The lowest BCUT2D eigenvalue weighted by atomic mass is 10.1. The van der Waals surface area contributed by atoms with Crippen molar-refractivity contribution < 1.29 is 4.79 Å². The molecule has 2 N–H and O–H groups in total. The number of fused-ring (bicyclic) bond motifs is 1. The minimum absolute atomic E-state index is 0.258. The van der Waals surface area contributed by atoms with Gasteiger partial charge in [0, 0.05) is 61.3 Å². The van der Waals surface area contributed by atoms with Crippen LogP contribution in [0.25, 0.3) is 22.0 Å². The van der Waals surface area contributed by atoms with Gasteiger partial charge in [-0.25, -0.2) is 15.0 Å². The van der Waals surface area contributed by atoms with E-state index < -0.39 is 0 Å². The van der Waals surface area contributed by atoms with Crippen LogP contribution in [-0.2, 0) is 7.05 Å². The van der Waals surface area contributed by atoms with E-state index in [1.807, 2.05) is 50.8 Å². The second-order valence-corrected chi connectivity index (χ2v) is 8.28. The Hall–Kier alpha value is -3.85. The molecule has 0 aliphatic carbocycles. The summed E-state index contributed by atoms with van der Waals surface area (Å²) in [6, 6.07) is 10.0. The quantitative estimate of drug-likeness (QED) is 0.490. The van der Waals surface area contributed by atoms with E-state index in [-0.39, 0.29) is 11.9 Å². The fourth-order valence-electron chi connectivity index (χ4n) is 4.14. The van der Waals surface area contributed by atoms with Crippen LogP contribution in [0.4, 0.5) is 11.8 Å². The van der Waals surface area contributed by atoms with E-state index in [1.54, 1.807) is 23.1 Å². The standard InChI is InChI=1S/C24H26N8O/c1-25-20-6-9-32(10-7-20)22-12-17(5-8-26-22)23(33)30-24-27-13-18-4-3-16(11-21(18)29-24)19-14-28-31(2)15-19/h3-5,8,11-15,20,25H,6-7,9-10H2,1-2H3,(H,27,29,30,33). The molecule has 33 heavy (non-hydrogen) atoms. The van der Waals surface area contributed by atoms with Gasteiger partial charge in [0.2, 0.25) is 5.95 Å². The Labute approximate surface area is 191 Å². The van der Waals surface area contributed by atoms with Crippen molar-refractivity contribution in [3.8, 4) is 11.1 Å². The lowest BCUT2D eigenvalue weighted by Crippen LogP contribution is -2.41. The first-order chi connectivity index (χ1) is 16.1. The summed E-state index contributed by atoms with van der Waals surface area (Å²) in [7, 11) is 3.88. The Morgan fingerprint density at radius 1 is 1.06 bits per heavy atom. The number of rotatable bonds is 5. The van der Waals surface area contributed by atoms with E-state index in [9.17, 15) is 4.79 Å². The first-order valence-electron chi connectivity index (χ1n) is 11.0. The van der Waals surface area contributed by atoms with Gasteiger partial charge >= 0.3 is 0 Å². The molecular weight excluding hydrogens is 416 g/mol. The molecule has 1 saturated heterocycles. The average molecular weight is 443 g/mol. The van der Waals surface area contributed by atoms with Gasteiger partial charge in [-0.2, -0.15) is 5.10 Å². The number of anilines is 2. The molecular formula is C24H26N8O. The summed E-state index contributed by atoms with van der Waals surface area (Å²) in [5, 5.41) is 11.3. The average Bonchev–Trinajstić information content (AvgIpc) is 3.30. The summed E-state index contributed by atoms with van der Waals surface area (Å²) in [4.78, 5) is 28.5. The third-order valence-electron chi connectivity index (χ3n) is 6.08. The third kappa shape index (κ3) is 4.54. The summed E-state index contributed by atoms with van der Waals surface area (Å²) in [5.41, 5.74) is 3.30. The topological polar surface area (TPSA) is 101 Å². The van der Waals surface area contributed by atoms with Gasteiger partial charge in [-0.15, -0.1) is 0 Å². The van der Waals surface area contributed by atoms with Gasteiger partial charge in [-0.1, -0.05) is 12.1 Å². The molecule has 1 aromatic carbocycles. The van der Waals surface area contributed by atoms with Crippen molar-refractivity contribution in [1.29, 1.82) is 0 Å². The van der Waals surface area contributed by atoms with Crippen LogP contribution >= 0.6 is 0 Å². The van der Waals surface area contributed by atoms with Crippen LogP contribution < -0.4 is 15.5 Å². The zero-order valence-electron chi connectivity index (χ0n) is 18.7. The van der Waals surface area contributed by atoms with E-state index >= 15 is 0 Å². The number of aryl methyl sites for hydroxylation is 1. The number of nitrogens with zero attached hydrogens (tertiary/aromatic N) is 6. The van der Waals surface area contributed by atoms with Gasteiger partial charge in [-0.3, -0.25) is 14.8 Å². The number of carbonyl (C=O) groups excluding carboxylic acids is 1. The molecule has 0 saturated carbocycles.